The Kier molecular flexibility index (Phi) is 2.79. The molecular weight excluding hydrogens is 176 g/mol. The van der Waals surface area contributed by atoms with E-state index in [1.807, 2.05) is 18.2 Å². The standard InChI is InChI=1S/C11H16N2O/c1-8(9-4-2-3-7-12-9)13-10-5-6-11(10)14/h2-4,7-8,10-11,13-14H,5-6H2,1H3/t8-,10-,11-/m0/s1. The summed E-state index contributed by atoms with van der Waals surface area (Å²) in [7, 11) is 0. The molecule has 3 nitrogen and oxygen atoms in total. The zero-order valence-electron chi connectivity index (χ0n) is 8.35. The van der Waals surface area contributed by atoms with Gasteiger partial charge in [0.1, 0.15) is 0 Å². The van der Waals surface area contributed by atoms with Crippen LogP contribution in [0.5, 0.6) is 0 Å². The predicted octanol–water partition coefficient (Wildman–Crippen LogP) is 1.26. The monoisotopic (exact) mass is 192 g/mol. The molecule has 0 spiro atoms. The highest BCUT2D eigenvalue weighted by molar-refractivity contribution is 5.08. The van der Waals surface area contributed by atoms with Gasteiger partial charge in [-0.15, -0.1) is 0 Å². The summed E-state index contributed by atoms with van der Waals surface area (Å²) in [6, 6.07) is 6.37. The van der Waals surface area contributed by atoms with Gasteiger partial charge in [-0.25, -0.2) is 0 Å². The molecule has 1 fully saturated rings. The summed E-state index contributed by atoms with van der Waals surface area (Å²) in [5, 5.41) is 12.8. The van der Waals surface area contributed by atoms with E-state index in [0.717, 1.165) is 18.5 Å². The van der Waals surface area contributed by atoms with Gasteiger partial charge in [-0.05, 0) is 31.9 Å². The normalized spacial score (nSPS) is 28.1. The molecule has 0 radical (unpaired) electrons. The first-order valence-corrected chi connectivity index (χ1v) is 5.12. The molecule has 3 atom stereocenters. The van der Waals surface area contributed by atoms with Crippen molar-refractivity contribution in [1.29, 1.82) is 0 Å². The van der Waals surface area contributed by atoms with Crippen molar-refractivity contribution in [2.75, 3.05) is 0 Å². The number of nitrogens with one attached hydrogen (secondary N) is 1. The van der Waals surface area contributed by atoms with Crippen LogP contribution in [0.25, 0.3) is 0 Å². The summed E-state index contributed by atoms with van der Waals surface area (Å²) in [5.41, 5.74) is 1.03. The van der Waals surface area contributed by atoms with Crippen LogP contribution in [0.4, 0.5) is 0 Å². The summed E-state index contributed by atoms with van der Waals surface area (Å²) < 4.78 is 0. The number of pyridine rings is 1. The Bertz CT molecular complexity index is 289. The largest absolute Gasteiger partial charge is 0.392 e. The van der Waals surface area contributed by atoms with Crippen LogP contribution in [0.1, 0.15) is 31.5 Å². The summed E-state index contributed by atoms with van der Waals surface area (Å²) in [5.74, 6) is 0. The molecule has 76 valence electrons. The number of aliphatic hydroxyl groups is 1. The van der Waals surface area contributed by atoms with Gasteiger partial charge in [-0.1, -0.05) is 6.07 Å². The van der Waals surface area contributed by atoms with E-state index in [-0.39, 0.29) is 18.2 Å². The van der Waals surface area contributed by atoms with Crippen LogP contribution in [0.15, 0.2) is 24.4 Å². The first-order valence-electron chi connectivity index (χ1n) is 5.12. The van der Waals surface area contributed by atoms with Gasteiger partial charge in [0, 0.05) is 18.3 Å². The van der Waals surface area contributed by atoms with E-state index < -0.39 is 0 Å². The maximum absolute atomic E-state index is 9.42. The molecule has 1 aromatic rings. The van der Waals surface area contributed by atoms with Crippen molar-refractivity contribution in [2.24, 2.45) is 0 Å². The van der Waals surface area contributed by atoms with Crippen molar-refractivity contribution in [3.8, 4) is 0 Å². The molecule has 14 heavy (non-hydrogen) atoms. The van der Waals surface area contributed by atoms with E-state index in [1.165, 1.54) is 0 Å². The van der Waals surface area contributed by atoms with Gasteiger partial charge in [0.05, 0.1) is 11.8 Å². The molecule has 1 saturated carbocycles. The zero-order chi connectivity index (χ0) is 9.97. The fourth-order valence-electron chi connectivity index (χ4n) is 1.72. The van der Waals surface area contributed by atoms with E-state index in [9.17, 15) is 5.11 Å². The fourth-order valence-corrected chi connectivity index (χ4v) is 1.72. The molecule has 1 aromatic heterocycles. The molecule has 1 aliphatic carbocycles. The third kappa shape index (κ3) is 1.94. The van der Waals surface area contributed by atoms with Crippen LogP contribution < -0.4 is 5.32 Å². The summed E-state index contributed by atoms with van der Waals surface area (Å²) >= 11 is 0. The Balaban J connectivity index is 1.92. The lowest BCUT2D eigenvalue weighted by atomic mass is 9.88. The Labute approximate surface area is 84.2 Å². The van der Waals surface area contributed by atoms with Crippen molar-refractivity contribution in [1.82, 2.24) is 10.3 Å². The SMILES string of the molecule is C[C@H](N[C@H]1CC[C@@H]1O)c1ccccn1. The quantitative estimate of drug-likeness (QED) is 0.757. The Morgan fingerprint density at radius 1 is 1.50 bits per heavy atom. The number of nitrogens with zero attached hydrogens (tertiary/aromatic N) is 1. The van der Waals surface area contributed by atoms with Crippen LogP contribution in [0.3, 0.4) is 0 Å². The van der Waals surface area contributed by atoms with Gasteiger partial charge in [0.15, 0.2) is 0 Å². The van der Waals surface area contributed by atoms with Crippen LogP contribution in [0, 0.1) is 0 Å². The molecule has 0 aromatic carbocycles. The molecule has 0 bridgehead atoms. The Morgan fingerprint density at radius 3 is 2.86 bits per heavy atom. The van der Waals surface area contributed by atoms with Gasteiger partial charge in [0.2, 0.25) is 0 Å². The minimum atomic E-state index is -0.166. The van der Waals surface area contributed by atoms with Gasteiger partial charge in [0.25, 0.3) is 0 Å². The first-order chi connectivity index (χ1) is 6.77. The van der Waals surface area contributed by atoms with Crippen molar-refractivity contribution in [2.45, 2.75) is 38.0 Å². The summed E-state index contributed by atoms with van der Waals surface area (Å²) in [6.07, 6.45) is 3.62. The second kappa shape index (κ2) is 4.07. The smallest absolute Gasteiger partial charge is 0.0694 e. The lowest BCUT2D eigenvalue weighted by molar-refractivity contribution is 0.0447. The van der Waals surface area contributed by atoms with Crippen molar-refractivity contribution in [3.05, 3.63) is 30.1 Å². The lowest BCUT2D eigenvalue weighted by Crippen LogP contribution is -2.48. The third-order valence-corrected chi connectivity index (χ3v) is 2.83. The molecule has 2 rings (SSSR count). The van der Waals surface area contributed by atoms with E-state index >= 15 is 0 Å². The predicted molar refractivity (Wildman–Crippen MR) is 54.8 cm³/mol. The maximum Gasteiger partial charge on any atom is 0.0694 e. The van der Waals surface area contributed by atoms with E-state index in [0.29, 0.717) is 0 Å². The molecule has 0 aliphatic heterocycles. The lowest BCUT2D eigenvalue weighted by Gasteiger charge is -2.35. The molecule has 3 heteroatoms. The van der Waals surface area contributed by atoms with Crippen molar-refractivity contribution >= 4 is 0 Å². The average molecular weight is 192 g/mol. The highest BCUT2D eigenvalue weighted by atomic mass is 16.3. The number of hydrogen-bond donors (Lipinski definition) is 2. The zero-order valence-corrected chi connectivity index (χ0v) is 8.35. The molecular formula is C11H16N2O. The fraction of sp³-hybridized carbons (Fsp3) is 0.545. The second-order valence-electron chi connectivity index (χ2n) is 3.89. The highest BCUT2D eigenvalue weighted by Crippen LogP contribution is 2.22. The second-order valence-corrected chi connectivity index (χ2v) is 3.89. The molecule has 2 N–H and O–H groups in total. The minimum absolute atomic E-state index is 0.166. The number of rotatable bonds is 3. The first kappa shape index (κ1) is 9.62. The van der Waals surface area contributed by atoms with E-state index in [1.54, 1.807) is 6.20 Å². The molecule has 0 saturated heterocycles. The summed E-state index contributed by atoms with van der Waals surface area (Å²) in [4.78, 5) is 4.27. The average Bonchev–Trinajstić information content (AvgIpc) is 2.24. The minimum Gasteiger partial charge on any atom is -0.392 e. The van der Waals surface area contributed by atoms with E-state index in [4.69, 9.17) is 0 Å². The highest BCUT2D eigenvalue weighted by Gasteiger charge is 2.29. The molecule has 1 aliphatic rings. The van der Waals surface area contributed by atoms with Crippen LogP contribution in [-0.2, 0) is 0 Å². The van der Waals surface area contributed by atoms with Crippen molar-refractivity contribution in [3.63, 3.8) is 0 Å². The van der Waals surface area contributed by atoms with Gasteiger partial charge in [-0.2, -0.15) is 0 Å². The van der Waals surface area contributed by atoms with Gasteiger partial charge < -0.3 is 10.4 Å². The molecule has 0 unspecified atom stereocenters. The van der Waals surface area contributed by atoms with E-state index in [2.05, 4.69) is 17.2 Å². The number of hydrogen-bond acceptors (Lipinski definition) is 3. The van der Waals surface area contributed by atoms with Crippen LogP contribution in [-0.4, -0.2) is 22.2 Å². The topological polar surface area (TPSA) is 45.1 Å². The van der Waals surface area contributed by atoms with Gasteiger partial charge >= 0.3 is 0 Å². The number of aromatic nitrogens is 1. The van der Waals surface area contributed by atoms with Crippen molar-refractivity contribution < 1.29 is 5.11 Å². The van der Waals surface area contributed by atoms with Gasteiger partial charge in [-0.3, -0.25) is 4.98 Å². The molecule has 1 heterocycles. The summed E-state index contributed by atoms with van der Waals surface area (Å²) in [6.45, 7) is 2.08. The Hall–Kier alpha value is -0.930. The molecule has 0 amide bonds. The maximum atomic E-state index is 9.42. The Morgan fingerprint density at radius 2 is 2.36 bits per heavy atom. The van der Waals surface area contributed by atoms with Crippen LogP contribution in [0.2, 0.25) is 0 Å². The third-order valence-electron chi connectivity index (χ3n) is 2.83. The van der Waals surface area contributed by atoms with Crippen LogP contribution >= 0.6 is 0 Å². The number of aliphatic hydroxyl groups excluding tert-OH is 1.